The molecule has 0 bridgehead atoms. The number of aromatic nitrogens is 3. The van der Waals surface area contributed by atoms with E-state index < -0.39 is 0 Å². The molecule has 1 rings (SSSR count). The summed E-state index contributed by atoms with van der Waals surface area (Å²) in [6, 6.07) is 0. The van der Waals surface area contributed by atoms with Crippen LogP contribution in [0.15, 0.2) is 5.16 Å². The summed E-state index contributed by atoms with van der Waals surface area (Å²) in [6.45, 7) is 2.70. The van der Waals surface area contributed by atoms with E-state index in [1.165, 1.54) is 25.6 Å². The molecule has 1 aromatic heterocycles. The standard InChI is InChI=1S/C7H10N4O2S/c1-4(12)8-6-9-7(14-3)10-11(6)5(2)13/h1-3H3,(H,8,9,10,12). The molecule has 0 saturated carbocycles. The number of thioether (sulfide) groups is 1. The van der Waals surface area contributed by atoms with Crippen molar-refractivity contribution in [1.82, 2.24) is 14.8 Å². The number of hydrogen-bond acceptors (Lipinski definition) is 5. The van der Waals surface area contributed by atoms with E-state index in [4.69, 9.17) is 0 Å². The van der Waals surface area contributed by atoms with E-state index >= 15 is 0 Å². The minimum Gasteiger partial charge on any atom is -0.295 e. The number of rotatable bonds is 2. The largest absolute Gasteiger partial charge is 0.295 e. The van der Waals surface area contributed by atoms with Crippen molar-refractivity contribution >= 4 is 29.5 Å². The summed E-state index contributed by atoms with van der Waals surface area (Å²) in [5, 5.41) is 6.76. The maximum atomic E-state index is 11.1. The molecule has 1 N–H and O–H groups in total. The van der Waals surface area contributed by atoms with E-state index in [1.54, 1.807) is 6.26 Å². The van der Waals surface area contributed by atoms with Gasteiger partial charge in [0.15, 0.2) is 0 Å². The summed E-state index contributed by atoms with van der Waals surface area (Å²) in [5.41, 5.74) is 0. The van der Waals surface area contributed by atoms with Gasteiger partial charge >= 0.3 is 0 Å². The normalized spacial score (nSPS) is 9.93. The Kier molecular flexibility index (Phi) is 3.23. The molecule has 0 aliphatic heterocycles. The highest BCUT2D eigenvalue weighted by molar-refractivity contribution is 7.98. The molecule has 0 unspecified atom stereocenters. The van der Waals surface area contributed by atoms with Gasteiger partial charge in [-0.2, -0.15) is 9.67 Å². The average molecular weight is 214 g/mol. The highest BCUT2D eigenvalue weighted by Crippen LogP contribution is 2.12. The number of nitrogens with zero attached hydrogens (tertiary/aromatic N) is 3. The second-order valence-electron chi connectivity index (χ2n) is 2.53. The summed E-state index contributed by atoms with van der Waals surface area (Å²) >= 11 is 1.30. The first-order valence-corrected chi connectivity index (χ1v) is 5.06. The summed E-state index contributed by atoms with van der Waals surface area (Å²) in [4.78, 5) is 25.8. The van der Waals surface area contributed by atoms with Gasteiger partial charge in [0.1, 0.15) is 0 Å². The van der Waals surface area contributed by atoms with Crippen LogP contribution in [0, 0.1) is 0 Å². The fourth-order valence-electron chi connectivity index (χ4n) is 0.838. The third-order valence-electron chi connectivity index (χ3n) is 1.36. The van der Waals surface area contributed by atoms with Gasteiger partial charge in [-0.1, -0.05) is 11.8 Å². The van der Waals surface area contributed by atoms with Crippen LogP contribution in [0.4, 0.5) is 5.95 Å². The third-order valence-corrected chi connectivity index (χ3v) is 1.89. The van der Waals surface area contributed by atoms with Crippen molar-refractivity contribution in [2.24, 2.45) is 0 Å². The van der Waals surface area contributed by atoms with Crippen LogP contribution in [0.2, 0.25) is 0 Å². The van der Waals surface area contributed by atoms with Gasteiger partial charge in [-0.15, -0.1) is 5.10 Å². The van der Waals surface area contributed by atoms with Gasteiger partial charge in [0.2, 0.25) is 22.9 Å². The van der Waals surface area contributed by atoms with E-state index in [0.717, 1.165) is 4.68 Å². The zero-order valence-corrected chi connectivity index (χ0v) is 8.88. The van der Waals surface area contributed by atoms with Crippen molar-refractivity contribution in [1.29, 1.82) is 0 Å². The summed E-state index contributed by atoms with van der Waals surface area (Å²) in [5.74, 6) is -0.413. The Morgan fingerprint density at radius 3 is 2.50 bits per heavy atom. The molecule has 0 aliphatic carbocycles. The molecule has 0 aromatic carbocycles. The minimum atomic E-state index is -0.290. The van der Waals surface area contributed by atoms with Gasteiger partial charge in [0, 0.05) is 13.8 Å². The lowest BCUT2D eigenvalue weighted by Crippen LogP contribution is -2.16. The van der Waals surface area contributed by atoms with E-state index in [2.05, 4.69) is 15.4 Å². The van der Waals surface area contributed by atoms with Gasteiger partial charge in [0.05, 0.1) is 0 Å². The third kappa shape index (κ3) is 2.32. The van der Waals surface area contributed by atoms with Crippen LogP contribution in [0.1, 0.15) is 18.6 Å². The van der Waals surface area contributed by atoms with Gasteiger partial charge in [-0.05, 0) is 6.26 Å². The van der Waals surface area contributed by atoms with Crippen LogP contribution in [0.25, 0.3) is 0 Å². The second kappa shape index (κ2) is 4.23. The summed E-state index contributed by atoms with van der Waals surface area (Å²) in [6.07, 6.45) is 1.79. The minimum absolute atomic E-state index is 0.161. The second-order valence-corrected chi connectivity index (χ2v) is 3.31. The van der Waals surface area contributed by atoms with Crippen molar-refractivity contribution in [2.75, 3.05) is 11.6 Å². The lowest BCUT2D eigenvalue weighted by Gasteiger charge is -1.99. The van der Waals surface area contributed by atoms with Crippen LogP contribution in [0.3, 0.4) is 0 Å². The zero-order chi connectivity index (χ0) is 10.7. The number of hydrogen-bond donors (Lipinski definition) is 1. The first-order chi connectivity index (χ1) is 6.54. The first-order valence-electron chi connectivity index (χ1n) is 3.84. The van der Waals surface area contributed by atoms with E-state index in [-0.39, 0.29) is 17.8 Å². The number of anilines is 1. The predicted octanol–water partition coefficient (Wildman–Crippen LogP) is 0.618. The quantitative estimate of drug-likeness (QED) is 0.730. The lowest BCUT2D eigenvalue weighted by atomic mass is 10.6. The van der Waals surface area contributed by atoms with Crippen LogP contribution in [0.5, 0.6) is 0 Å². The number of carbonyl (C=O) groups excluding carboxylic acids is 2. The first kappa shape index (κ1) is 10.7. The predicted molar refractivity (Wildman–Crippen MR) is 52.4 cm³/mol. The van der Waals surface area contributed by atoms with Crippen molar-refractivity contribution in [3.8, 4) is 0 Å². The molecule has 0 radical (unpaired) electrons. The Bertz CT molecular complexity index is 374. The van der Waals surface area contributed by atoms with E-state index in [0.29, 0.717) is 5.16 Å². The highest BCUT2D eigenvalue weighted by Gasteiger charge is 2.13. The van der Waals surface area contributed by atoms with Crippen LogP contribution in [-0.2, 0) is 4.79 Å². The van der Waals surface area contributed by atoms with Gasteiger partial charge in [-0.3, -0.25) is 14.9 Å². The van der Waals surface area contributed by atoms with Gasteiger partial charge in [-0.25, -0.2) is 0 Å². The number of carbonyl (C=O) groups is 2. The molecule has 1 aromatic rings. The maximum absolute atomic E-state index is 11.1. The van der Waals surface area contributed by atoms with Crippen LogP contribution < -0.4 is 5.32 Å². The SMILES string of the molecule is CSc1nc(NC(C)=O)n(C(C)=O)n1. The van der Waals surface area contributed by atoms with Crippen molar-refractivity contribution in [3.63, 3.8) is 0 Å². The highest BCUT2D eigenvalue weighted by atomic mass is 32.2. The van der Waals surface area contributed by atoms with E-state index in [1.807, 2.05) is 0 Å². The molecular formula is C7H10N4O2S. The Hall–Kier alpha value is -1.37. The van der Waals surface area contributed by atoms with E-state index in [9.17, 15) is 9.59 Å². The number of amides is 1. The van der Waals surface area contributed by atoms with Crippen molar-refractivity contribution in [3.05, 3.63) is 0 Å². The molecule has 1 amide bonds. The van der Waals surface area contributed by atoms with Gasteiger partial charge in [0.25, 0.3) is 0 Å². The smallest absolute Gasteiger partial charge is 0.247 e. The molecule has 0 aliphatic rings. The molecule has 0 spiro atoms. The lowest BCUT2D eigenvalue weighted by molar-refractivity contribution is -0.114. The molecule has 7 heteroatoms. The Balaban J connectivity index is 3.05. The zero-order valence-electron chi connectivity index (χ0n) is 8.07. The fraction of sp³-hybridized carbons (Fsp3) is 0.429. The molecule has 1 heterocycles. The molecule has 14 heavy (non-hydrogen) atoms. The molecule has 0 fully saturated rings. The van der Waals surface area contributed by atoms with Crippen molar-refractivity contribution in [2.45, 2.75) is 19.0 Å². The van der Waals surface area contributed by atoms with Crippen LogP contribution >= 0.6 is 11.8 Å². The molecule has 76 valence electrons. The summed E-state index contributed by atoms with van der Waals surface area (Å²) < 4.78 is 1.06. The fourth-order valence-corrected chi connectivity index (χ4v) is 1.18. The van der Waals surface area contributed by atoms with Crippen LogP contribution in [-0.4, -0.2) is 32.8 Å². The molecule has 0 atom stereocenters. The van der Waals surface area contributed by atoms with Gasteiger partial charge < -0.3 is 0 Å². The summed E-state index contributed by atoms with van der Waals surface area (Å²) in [7, 11) is 0. The maximum Gasteiger partial charge on any atom is 0.247 e. The Labute approximate surface area is 85.1 Å². The Morgan fingerprint density at radius 2 is 2.07 bits per heavy atom. The van der Waals surface area contributed by atoms with Crippen molar-refractivity contribution < 1.29 is 9.59 Å². The molecule has 0 saturated heterocycles. The molecule has 6 nitrogen and oxygen atoms in total. The average Bonchev–Trinajstić information content (AvgIpc) is 2.46. The monoisotopic (exact) mass is 214 g/mol. The Morgan fingerprint density at radius 1 is 1.43 bits per heavy atom. The molecular weight excluding hydrogens is 204 g/mol. The topological polar surface area (TPSA) is 76.9 Å². The number of nitrogens with one attached hydrogen (secondary N) is 1.